The summed E-state index contributed by atoms with van der Waals surface area (Å²) in [5, 5.41) is 8.94. The molecule has 1 unspecified atom stereocenters. The number of thiocarbonyl (C=S) groups is 1. The highest BCUT2D eigenvalue weighted by Crippen LogP contribution is 2.18. The number of aliphatic hydroxyl groups is 1. The third-order valence-electron chi connectivity index (χ3n) is 2.87. The van der Waals surface area contributed by atoms with E-state index in [-0.39, 0.29) is 6.61 Å². The molecule has 3 nitrogen and oxygen atoms in total. The predicted molar refractivity (Wildman–Crippen MR) is 62.2 cm³/mol. The molecule has 0 bridgehead atoms. The zero-order valence-electron chi connectivity index (χ0n) is 8.78. The molecule has 1 rings (SSSR count). The number of aliphatic hydroxyl groups excluding tert-OH is 1. The van der Waals surface area contributed by atoms with E-state index in [1.165, 1.54) is 0 Å². The van der Waals surface area contributed by atoms with Crippen LogP contribution in [0.2, 0.25) is 0 Å². The van der Waals surface area contributed by atoms with Crippen LogP contribution in [-0.2, 0) is 0 Å². The first-order valence-corrected chi connectivity index (χ1v) is 5.66. The Labute approximate surface area is 91.3 Å². The van der Waals surface area contributed by atoms with Gasteiger partial charge in [-0.15, -0.1) is 0 Å². The number of hydrogen-bond donors (Lipinski definition) is 2. The second kappa shape index (κ2) is 5.63. The van der Waals surface area contributed by atoms with Crippen LogP contribution in [0.3, 0.4) is 0 Å². The van der Waals surface area contributed by atoms with E-state index in [4.69, 9.17) is 23.1 Å². The summed E-state index contributed by atoms with van der Waals surface area (Å²) in [4.78, 5) is 3.05. The molecule has 82 valence electrons. The van der Waals surface area contributed by atoms with Gasteiger partial charge in [-0.25, -0.2) is 0 Å². The summed E-state index contributed by atoms with van der Waals surface area (Å²) in [5.41, 5.74) is 5.61. The molecule has 0 spiro atoms. The Kier molecular flexibility index (Phi) is 4.78. The maximum atomic E-state index is 8.94. The molecule has 1 aliphatic rings. The molecule has 1 heterocycles. The molecule has 0 radical (unpaired) electrons. The fourth-order valence-electron chi connectivity index (χ4n) is 1.90. The van der Waals surface area contributed by atoms with Crippen LogP contribution >= 0.6 is 12.2 Å². The molecule has 1 fully saturated rings. The quantitative estimate of drug-likeness (QED) is 0.676. The number of rotatable bonds is 4. The zero-order valence-corrected chi connectivity index (χ0v) is 9.59. The minimum atomic E-state index is 0.273. The second-order valence-electron chi connectivity index (χ2n) is 4.26. The van der Waals surface area contributed by atoms with Gasteiger partial charge in [-0.3, -0.25) is 0 Å². The lowest BCUT2D eigenvalue weighted by molar-refractivity contribution is 0.147. The molecule has 14 heavy (non-hydrogen) atoms. The van der Waals surface area contributed by atoms with E-state index in [0.717, 1.165) is 32.5 Å². The van der Waals surface area contributed by atoms with Crippen LogP contribution in [0, 0.1) is 11.8 Å². The summed E-state index contributed by atoms with van der Waals surface area (Å²) in [6, 6.07) is 0. The number of hydrogen-bond acceptors (Lipinski definition) is 3. The summed E-state index contributed by atoms with van der Waals surface area (Å²) < 4.78 is 0. The largest absolute Gasteiger partial charge is 0.396 e. The molecule has 1 aliphatic heterocycles. The van der Waals surface area contributed by atoms with Gasteiger partial charge in [-0.2, -0.15) is 0 Å². The average Bonchev–Trinajstić information content (AvgIpc) is 2.18. The van der Waals surface area contributed by atoms with E-state index >= 15 is 0 Å². The summed E-state index contributed by atoms with van der Waals surface area (Å²) in [7, 11) is 0. The van der Waals surface area contributed by atoms with Gasteiger partial charge in [0.25, 0.3) is 0 Å². The topological polar surface area (TPSA) is 49.5 Å². The summed E-state index contributed by atoms with van der Waals surface area (Å²) >= 11 is 4.98. The van der Waals surface area contributed by atoms with Crippen LogP contribution in [-0.4, -0.2) is 41.2 Å². The van der Waals surface area contributed by atoms with Crippen molar-refractivity contribution < 1.29 is 5.11 Å². The van der Waals surface area contributed by atoms with Crippen LogP contribution in [0.4, 0.5) is 0 Å². The molecule has 0 amide bonds. The maximum Gasteiger partial charge on any atom is 0.0759 e. The lowest BCUT2D eigenvalue weighted by atomic mass is 9.96. The fraction of sp³-hybridized carbons (Fsp3) is 0.900. The SMILES string of the molecule is CC(CO)CN1CCC(C(N)=S)CC1. The van der Waals surface area contributed by atoms with Crippen molar-refractivity contribution in [3.8, 4) is 0 Å². The predicted octanol–water partition coefficient (Wildman–Crippen LogP) is 0.613. The highest BCUT2D eigenvalue weighted by molar-refractivity contribution is 7.80. The Morgan fingerprint density at radius 3 is 2.57 bits per heavy atom. The smallest absolute Gasteiger partial charge is 0.0759 e. The van der Waals surface area contributed by atoms with Gasteiger partial charge in [0.15, 0.2) is 0 Å². The minimum absolute atomic E-state index is 0.273. The van der Waals surface area contributed by atoms with Gasteiger partial charge in [0.2, 0.25) is 0 Å². The molecular weight excluding hydrogens is 196 g/mol. The lowest BCUT2D eigenvalue weighted by Gasteiger charge is -2.32. The average molecular weight is 216 g/mol. The Balaban J connectivity index is 2.25. The van der Waals surface area contributed by atoms with E-state index in [2.05, 4.69) is 11.8 Å². The Morgan fingerprint density at radius 1 is 1.57 bits per heavy atom. The first-order valence-electron chi connectivity index (χ1n) is 5.26. The van der Waals surface area contributed by atoms with Gasteiger partial charge in [0.05, 0.1) is 4.99 Å². The van der Waals surface area contributed by atoms with Crippen molar-refractivity contribution >= 4 is 17.2 Å². The van der Waals surface area contributed by atoms with E-state index in [9.17, 15) is 0 Å². The van der Waals surface area contributed by atoms with Crippen molar-refractivity contribution in [3.63, 3.8) is 0 Å². The monoisotopic (exact) mass is 216 g/mol. The summed E-state index contributed by atoms with van der Waals surface area (Å²) in [5.74, 6) is 0.807. The fourth-order valence-corrected chi connectivity index (χ4v) is 2.13. The van der Waals surface area contributed by atoms with E-state index in [1.54, 1.807) is 0 Å². The molecule has 3 N–H and O–H groups in total. The normalized spacial score (nSPS) is 22.1. The molecule has 0 aromatic rings. The van der Waals surface area contributed by atoms with Gasteiger partial charge in [0, 0.05) is 19.1 Å². The van der Waals surface area contributed by atoms with Crippen molar-refractivity contribution in [2.45, 2.75) is 19.8 Å². The highest BCUT2D eigenvalue weighted by Gasteiger charge is 2.21. The Bertz CT molecular complexity index is 191. The third-order valence-corrected chi connectivity index (χ3v) is 3.20. The van der Waals surface area contributed by atoms with Gasteiger partial charge in [-0.1, -0.05) is 19.1 Å². The molecule has 1 saturated heterocycles. The standard InChI is InChI=1S/C10H20N2OS/c1-8(7-13)6-12-4-2-9(3-5-12)10(11)14/h8-9,13H,2-7H2,1H3,(H2,11,14). The highest BCUT2D eigenvalue weighted by atomic mass is 32.1. The van der Waals surface area contributed by atoms with Crippen LogP contribution < -0.4 is 5.73 Å². The summed E-state index contributed by atoms with van der Waals surface area (Å²) in [6.45, 7) is 5.45. The maximum absolute atomic E-state index is 8.94. The minimum Gasteiger partial charge on any atom is -0.396 e. The van der Waals surface area contributed by atoms with Crippen molar-refractivity contribution in [1.29, 1.82) is 0 Å². The van der Waals surface area contributed by atoms with Crippen LogP contribution in [0.5, 0.6) is 0 Å². The first kappa shape index (κ1) is 11.9. The zero-order chi connectivity index (χ0) is 10.6. The van der Waals surface area contributed by atoms with Gasteiger partial charge in [-0.05, 0) is 31.8 Å². The number of piperidine rings is 1. The number of likely N-dealkylation sites (tertiary alicyclic amines) is 1. The van der Waals surface area contributed by atoms with Crippen LogP contribution in [0.15, 0.2) is 0 Å². The Hall–Kier alpha value is -0.190. The van der Waals surface area contributed by atoms with Gasteiger partial charge < -0.3 is 15.7 Å². The number of nitrogens with two attached hydrogens (primary N) is 1. The lowest BCUT2D eigenvalue weighted by Crippen LogP contribution is -2.40. The van der Waals surface area contributed by atoms with Crippen LogP contribution in [0.25, 0.3) is 0 Å². The van der Waals surface area contributed by atoms with Crippen molar-refractivity contribution in [1.82, 2.24) is 4.90 Å². The summed E-state index contributed by atoms with van der Waals surface area (Å²) in [6.07, 6.45) is 2.15. The molecule has 4 heteroatoms. The van der Waals surface area contributed by atoms with E-state index < -0.39 is 0 Å². The third kappa shape index (κ3) is 3.52. The number of nitrogens with zero attached hydrogens (tertiary/aromatic N) is 1. The molecule has 1 atom stereocenters. The molecule has 0 aromatic heterocycles. The molecular formula is C10H20N2OS. The first-order chi connectivity index (χ1) is 6.63. The Morgan fingerprint density at radius 2 is 2.14 bits per heavy atom. The second-order valence-corrected chi connectivity index (χ2v) is 4.74. The van der Waals surface area contributed by atoms with Crippen molar-refractivity contribution in [3.05, 3.63) is 0 Å². The van der Waals surface area contributed by atoms with Crippen molar-refractivity contribution in [2.75, 3.05) is 26.2 Å². The van der Waals surface area contributed by atoms with Gasteiger partial charge >= 0.3 is 0 Å². The van der Waals surface area contributed by atoms with E-state index in [1.807, 2.05) is 0 Å². The van der Waals surface area contributed by atoms with Crippen LogP contribution in [0.1, 0.15) is 19.8 Å². The van der Waals surface area contributed by atoms with Gasteiger partial charge in [0.1, 0.15) is 0 Å². The molecule has 0 saturated carbocycles. The molecule has 0 aliphatic carbocycles. The van der Waals surface area contributed by atoms with Crippen molar-refractivity contribution in [2.24, 2.45) is 17.6 Å². The van der Waals surface area contributed by atoms with E-state index in [0.29, 0.717) is 16.8 Å². The molecule has 0 aromatic carbocycles.